The zero-order valence-corrected chi connectivity index (χ0v) is 14.5. The molecule has 1 aliphatic rings. The summed E-state index contributed by atoms with van der Waals surface area (Å²) in [5, 5.41) is 6.88. The second-order valence-electron chi connectivity index (χ2n) is 6.07. The van der Waals surface area contributed by atoms with Crippen molar-refractivity contribution in [1.82, 2.24) is 9.78 Å². The Balaban J connectivity index is 1.89. The lowest BCUT2D eigenvalue weighted by molar-refractivity contribution is 0.102. The molecule has 0 saturated carbocycles. The average Bonchev–Trinajstić information content (AvgIpc) is 2.65. The third-order valence-electron chi connectivity index (χ3n) is 4.38. The van der Waals surface area contributed by atoms with E-state index in [0.29, 0.717) is 22.7 Å². The molecule has 1 aliphatic heterocycles. The molecule has 1 fully saturated rings. The van der Waals surface area contributed by atoms with Crippen LogP contribution in [0.2, 0.25) is 0 Å². The summed E-state index contributed by atoms with van der Waals surface area (Å²) in [5.41, 5.74) is 1.25. The highest BCUT2D eigenvalue weighted by molar-refractivity contribution is 6.05. The molecule has 2 heterocycles. The molecule has 1 N–H and O–H groups in total. The van der Waals surface area contributed by atoms with Gasteiger partial charge in [-0.05, 0) is 43.5 Å². The lowest BCUT2D eigenvalue weighted by Crippen LogP contribution is -2.37. The number of ether oxygens (including phenoxy) is 1. The fourth-order valence-electron chi connectivity index (χ4n) is 2.98. The summed E-state index contributed by atoms with van der Waals surface area (Å²) in [7, 11) is 3.19. The Kier molecular flexibility index (Phi) is 5.02. The van der Waals surface area contributed by atoms with Crippen LogP contribution in [0.4, 0.5) is 11.4 Å². The van der Waals surface area contributed by atoms with Gasteiger partial charge in [-0.1, -0.05) is 0 Å². The van der Waals surface area contributed by atoms with Crippen LogP contribution in [0.25, 0.3) is 0 Å². The summed E-state index contributed by atoms with van der Waals surface area (Å²) >= 11 is 0. The highest BCUT2D eigenvalue weighted by atomic mass is 16.5. The fourth-order valence-corrected chi connectivity index (χ4v) is 2.98. The van der Waals surface area contributed by atoms with Crippen molar-refractivity contribution in [3.8, 4) is 5.75 Å². The number of anilines is 2. The Morgan fingerprint density at radius 1 is 1.16 bits per heavy atom. The third kappa shape index (κ3) is 3.65. The van der Waals surface area contributed by atoms with Crippen LogP contribution in [0, 0.1) is 0 Å². The molecule has 25 heavy (non-hydrogen) atoms. The minimum Gasteiger partial charge on any atom is -0.497 e. The number of amides is 1. The Labute approximate surface area is 146 Å². The molecule has 7 nitrogen and oxygen atoms in total. The number of methoxy groups -OCH3 is 1. The van der Waals surface area contributed by atoms with E-state index in [2.05, 4.69) is 10.4 Å². The van der Waals surface area contributed by atoms with Crippen molar-refractivity contribution in [2.75, 3.05) is 30.4 Å². The van der Waals surface area contributed by atoms with Gasteiger partial charge in [0.15, 0.2) is 0 Å². The number of hydrogen-bond donors (Lipinski definition) is 1. The molecule has 1 aromatic heterocycles. The smallest absolute Gasteiger partial charge is 0.292 e. The van der Waals surface area contributed by atoms with Gasteiger partial charge in [0.1, 0.15) is 11.4 Å². The number of aromatic nitrogens is 2. The predicted octanol–water partition coefficient (Wildman–Crippen LogP) is 2.03. The van der Waals surface area contributed by atoms with Crippen LogP contribution in [-0.2, 0) is 7.05 Å². The SMILES string of the molecule is COc1ccc(C(=O)Nc2cnn(C)c(=O)c2N2CCCCC2)cc1. The number of nitrogens with zero attached hydrogens (tertiary/aromatic N) is 3. The lowest BCUT2D eigenvalue weighted by atomic mass is 10.1. The molecule has 7 heteroatoms. The van der Waals surface area contributed by atoms with Gasteiger partial charge in [-0.15, -0.1) is 0 Å². The zero-order chi connectivity index (χ0) is 17.8. The van der Waals surface area contributed by atoms with Crippen molar-refractivity contribution in [1.29, 1.82) is 0 Å². The van der Waals surface area contributed by atoms with Gasteiger partial charge in [-0.3, -0.25) is 9.59 Å². The van der Waals surface area contributed by atoms with Crippen LogP contribution in [-0.4, -0.2) is 35.9 Å². The minimum atomic E-state index is -0.282. The molecule has 132 valence electrons. The van der Waals surface area contributed by atoms with Crippen molar-refractivity contribution in [2.24, 2.45) is 7.05 Å². The molecule has 0 aliphatic carbocycles. The average molecular weight is 342 g/mol. The zero-order valence-electron chi connectivity index (χ0n) is 14.5. The number of carbonyl (C=O) groups is 1. The Morgan fingerprint density at radius 2 is 1.84 bits per heavy atom. The Bertz CT molecular complexity index is 808. The number of carbonyl (C=O) groups excluding carboxylic acids is 1. The van der Waals surface area contributed by atoms with Gasteiger partial charge in [0, 0.05) is 25.7 Å². The van der Waals surface area contributed by atoms with Gasteiger partial charge in [-0.25, -0.2) is 4.68 Å². The monoisotopic (exact) mass is 342 g/mol. The molecule has 0 unspecified atom stereocenters. The van der Waals surface area contributed by atoms with E-state index in [1.54, 1.807) is 38.4 Å². The van der Waals surface area contributed by atoms with Gasteiger partial charge >= 0.3 is 0 Å². The Morgan fingerprint density at radius 3 is 2.48 bits per heavy atom. The quantitative estimate of drug-likeness (QED) is 0.920. The van der Waals surface area contributed by atoms with E-state index in [1.807, 2.05) is 4.90 Å². The first-order chi connectivity index (χ1) is 12.1. The normalized spacial score (nSPS) is 14.2. The second kappa shape index (κ2) is 7.38. The van der Waals surface area contributed by atoms with E-state index >= 15 is 0 Å². The molecule has 1 amide bonds. The molecule has 1 saturated heterocycles. The maximum Gasteiger partial charge on any atom is 0.292 e. The van der Waals surface area contributed by atoms with E-state index in [4.69, 9.17) is 4.74 Å². The second-order valence-corrected chi connectivity index (χ2v) is 6.07. The number of piperidine rings is 1. The number of hydrogen-bond acceptors (Lipinski definition) is 5. The summed E-state index contributed by atoms with van der Waals surface area (Å²) in [6.45, 7) is 1.62. The molecule has 0 spiro atoms. The van der Waals surface area contributed by atoms with Crippen molar-refractivity contribution in [2.45, 2.75) is 19.3 Å². The molecular formula is C18H22N4O3. The first-order valence-corrected chi connectivity index (χ1v) is 8.37. The highest BCUT2D eigenvalue weighted by Gasteiger charge is 2.21. The maximum atomic E-state index is 12.6. The van der Waals surface area contributed by atoms with Crippen LogP contribution in [0.5, 0.6) is 5.75 Å². The molecule has 0 radical (unpaired) electrons. The number of nitrogens with one attached hydrogen (secondary N) is 1. The van der Waals surface area contributed by atoms with Crippen LogP contribution >= 0.6 is 0 Å². The van der Waals surface area contributed by atoms with Crippen molar-refractivity contribution >= 4 is 17.3 Å². The summed E-state index contributed by atoms with van der Waals surface area (Å²) < 4.78 is 6.40. The number of aryl methyl sites for hydroxylation is 1. The summed E-state index contributed by atoms with van der Waals surface area (Å²) in [6.07, 6.45) is 4.77. The first-order valence-electron chi connectivity index (χ1n) is 8.37. The molecule has 0 bridgehead atoms. The summed E-state index contributed by atoms with van der Waals surface area (Å²) in [6, 6.07) is 6.82. The third-order valence-corrected chi connectivity index (χ3v) is 4.38. The van der Waals surface area contributed by atoms with E-state index in [-0.39, 0.29) is 11.5 Å². The highest BCUT2D eigenvalue weighted by Crippen LogP contribution is 2.24. The maximum absolute atomic E-state index is 12.6. The van der Waals surface area contributed by atoms with Gasteiger partial charge < -0.3 is 15.0 Å². The Hall–Kier alpha value is -2.83. The first kappa shape index (κ1) is 17.0. The number of benzene rings is 1. The van der Waals surface area contributed by atoms with Gasteiger partial charge in [0.2, 0.25) is 0 Å². The topological polar surface area (TPSA) is 76.5 Å². The molecule has 0 atom stereocenters. The predicted molar refractivity (Wildman–Crippen MR) is 96.5 cm³/mol. The molecule has 1 aromatic carbocycles. The van der Waals surface area contributed by atoms with Crippen LogP contribution in [0.3, 0.4) is 0 Å². The van der Waals surface area contributed by atoms with Crippen LogP contribution in [0.15, 0.2) is 35.3 Å². The standard InChI is InChI=1S/C18H22N4O3/c1-21-18(24)16(22-10-4-3-5-11-22)15(12-19-21)20-17(23)13-6-8-14(25-2)9-7-13/h6-9,12H,3-5,10-11H2,1-2H3,(H,20,23). The summed E-state index contributed by atoms with van der Waals surface area (Å²) in [4.78, 5) is 27.2. The van der Waals surface area contributed by atoms with Gasteiger partial charge in [0.25, 0.3) is 11.5 Å². The molecule has 3 rings (SSSR count). The van der Waals surface area contributed by atoms with Crippen molar-refractivity contribution < 1.29 is 9.53 Å². The van der Waals surface area contributed by atoms with E-state index in [1.165, 1.54) is 10.9 Å². The minimum absolute atomic E-state index is 0.200. The van der Waals surface area contributed by atoms with E-state index < -0.39 is 0 Å². The van der Waals surface area contributed by atoms with Gasteiger partial charge in [0.05, 0.1) is 19.0 Å². The van der Waals surface area contributed by atoms with E-state index in [9.17, 15) is 9.59 Å². The van der Waals surface area contributed by atoms with Crippen molar-refractivity contribution in [3.05, 3.63) is 46.4 Å². The largest absolute Gasteiger partial charge is 0.497 e. The molecule has 2 aromatic rings. The summed E-state index contributed by atoms with van der Waals surface area (Å²) in [5.74, 6) is 0.400. The number of rotatable bonds is 4. The van der Waals surface area contributed by atoms with E-state index in [0.717, 1.165) is 32.4 Å². The fraction of sp³-hybridized carbons (Fsp3) is 0.389. The van der Waals surface area contributed by atoms with Crippen LogP contribution < -0.4 is 20.5 Å². The van der Waals surface area contributed by atoms with Crippen LogP contribution in [0.1, 0.15) is 29.6 Å². The van der Waals surface area contributed by atoms with Crippen molar-refractivity contribution in [3.63, 3.8) is 0 Å². The lowest BCUT2D eigenvalue weighted by Gasteiger charge is -2.29. The van der Waals surface area contributed by atoms with Gasteiger partial charge in [-0.2, -0.15) is 5.10 Å². The molecular weight excluding hydrogens is 320 g/mol.